The van der Waals surface area contributed by atoms with E-state index >= 15 is 0 Å². The van der Waals surface area contributed by atoms with Gasteiger partial charge in [-0.2, -0.15) is 0 Å². The van der Waals surface area contributed by atoms with Gasteiger partial charge in [-0.3, -0.25) is 10.1 Å². The number of carboxylic acid groups (broad SMARTS) is 1. The van der Waals surface area contributed by atoms with Gasteiger partial charge in [-0.25, -0.2) is 4.79 Å². The summed E-state index contributed by atoms with van der Waals surface area (Å²) in [5.74, 6) is -1.48. The first-order valence-electron chi connectivity index (χ1n) is 6.73. The van der Waals surface area contributed by atoms with Gasteiger partial charge in [0.05, 0.1) is 11.3 Å². The molecule has 0 fully saturated rings. The molecule has 2 aromatic carbocycles. The molecule has 5 nitrogen and oxygen atoms in total. The molecule has 0 atom stereocenters. The summed E-state index contributed by atoms with van der Waals surface area (Å²) in [4.78, 5) is 22.9. The summed E-state index contributed by atoms with van der Waals surface area (Å²) >= 11 is 5.02. The summed E-state index contributed by atoms with van der Waals surface area (Å²) in [5, 5.41) is 14.3. The van der Waals surface area contributed by atoms with Gasteiger partial charge in [0.2, 0.25) is 5.91 Å². The van der Waals surface area contributed by atoms with Gasteiger partial charge in [0, 0.05) is 6.08 Å². The molecule has 0 aliphatic heterocycles. The molecular formula is C17H14N2O3S. The minimum atomic E-state index is -1.08. The third kappa shape index (κ3) is 5.05. The lowest BCUT2D eigenvalue weighted by Gasteiger charge is -2.10. The highest BCUT2D eigenvalue weighted by Crippen LogP contribution is 2.14. The number of benzene rings is 2. The van der Waals surface area contributed by atoms with Crippen LogP contribution in [0, 0.1) is 0 Å². The lowest BCUT2D eigenvalue weighted by Crippen LogP contribution is -2.33. The highest BCUT2D eigenvalue weighted by atomic mass is 32.1. The molecule has 116 valence electrons. The van der Waals surface area contributed by atoms with E-state index in [1.165, 1.54) is 12.1 Å². The smallest absolute Gasteiger partial charge is 0.337 e. The third-order valence-corrected chi connectivity index (χ3v) is 3.07. The molecule has 0 saturated carbocycles. The SMILES string of the molecule is O=C(C=Cc1ccccc1)NC(=S)Nc1ccccc1C(=O)O. The maximum Gasteiger partial charge on any atom is 0.337 e. The molecule has 0 spiro atoms. The molecular weight excluding hydrogens is 312 g/mol. The summed E-state index contributed by atoms with van der Waals surface area (Å²) in [5.41, 5.74) is 1.28. The van der Waals surface area contributed by atoms with Gasteiger partial charge in [-0.1, -0.05) is 42.5 Å². The van der Waals surface area contributed by atoms with E-state index in [-0.39, 0.29) is 10.7 Å². The highest BCUT2D eigenvalue weighted by Gasteiger charge is 2.10. The van der Waals surface area contributed by atoms with Crippen molar-refractivity contribution >= 4 is 41.0 Å². The predicted molar refractivity (Wildman–Crippen MR) is 93.2 cm³/mol. The second-order valence-electron chi connectivity index (χ2n) is 4.54. The molecule has 6 heteroatoms. The molecule has 0 heterocycles. The van der Waals surface area contributed by atoms with Crippen molar-refractivity contribution in [2.24, 2.45) is 0 Å². The van der Waals surface area contributed by atoms with Crippen LogP contribution in [0.15, 0.2) is 60.7 Å². The van der Waals surface area contributed by atoms with Crippen LogP contribution in [0.1, 0.15) is 15.9 Å². The number of rotatable bonds is 4. The minimum Gasteiger partial charge on any atom is -0.478 e. The van der Waals surface area contributed by atoms with Crippen LogP contribution in [0.3, 0.4) is 0 Å². The first kappa shape index (κ1) is 16.4. The van der Waals surface area contributed by atoms with Crippen molar-refractivity contribution < 1.29 is 14.7 Å². The quantitative estimate of drug-likeness (QED) is 0.595. The van der Waals surface area contributed by atoms with Gasteiger partial charge in [0.1, 0.15) is 0 Å². The van der Waals surface area contributed by atoms with Gasteiger partial charge in [0.25, 0.3) is 0 Å². The van der Waals surface area contributed by atoms with E-state index in [0.717, 1.165) is 5.56 Å². The van der Waals surface area contributed by atoms with Gasteiger partial charge in [-0.05, 0) is 36.0 Å². The number of aromatic carboxylic acids is 1. The standard InChI is InChI=1S/C17H14N2O3S/c20-15(11-10-12-6-2-1-3-7-12)19-17(23)18-14-9-5-4-8-13(14)16(21)22/h1-11H,(H,21,22)(H2,18,19,20,23). The van der Waals surface area contributed by atoms with Crippen LogP contribution >= 0.6 is 12.2 Å². The summed E-state index contributed by atoms with van der Waals surface area (Å²) in [7, 11) is 0. The Morgan fingerprint density at radius 3 is 2.35 bits per heavy atom. The molecule has 2 rings (SSSR count). The number of nitrogens with one attached hydrogen (secondary N) is 2. The number of carbonyl (C=O) groups is 2. The fourth-order valence-corrected chi connectivity index (χ4v) is 2.03. The molecule has 0 bridgehead atoms. The van der Waals surface area contributed by atoms with Crippen LogP contribution in [0.25, 0.3) is 6.08 Å². The van der Waals surface area contributed by atoms with Gasteiger partial charge in [0.15, 0.2) is 5.11 Å². The molecule has 3 N–H and O–H groups in total. The maximum atomic E-state index is 11.8. The topological polar surface area (TPSA) is 78.4 Å². The zero-order chi connectivity index (χ0) is 16.7. The van der Waals surface area contributed by atoms with E-state index in [2.05, 4.69) is 10.6 Å². The lowest BCUT2D eigenvalue weighted by atomic mass is 10.2. The Balaban J connectivity index is 1.96. The van der Waals surface area contributed by atoms with Crippen molar-refractivity contribution in [3.05, 3.63) is 71.8 Å². The largest absolute Gasteiger partial charge is 0.478 e. The van der Waals surface area contributed by atoms with E-state index in [4.69, 9.17) is 17.3 Å². The zero-order valence-electron chi connectivity index (χ0n) is 12.0. The van der Waals surface area contributed by atoms with E-state index in [0.29, 0.717) is 5.69 Å². The highest BCUT2D eigenvalue weighted by molar-refractivity contribution is 7.80. The molecule has 0 unspecified atom stereocenters. The Morgan fingerprint density at radius 2 is 1.65 bits per heavy atom. The third-order valence-electron chi connectivity index (χ3n) is 2.87. The number of hydrogen-bond acceptors (Lipinski definition) is 3. The molecule has 0 aliphatic rings. The van der Waals surface area contributed by atoms with Crippen LogP contribution < -0.4 is 10.6 Å². The van der Waals surface area contributed by atoms with E-state index in [1.54, 1.807) is 24.3 Å². The first-order chi connectivity index (χ1) is 11.1. The number of thiocarbonyl (C=S) groups is 1. The molecule has 0 aliphatic carbocycles. The Labute approximate surface area is 138 Å². The Morgan fingerprint density at radius 1 is 1.00 bits per heavy atom. The zero-order valence-corrected chi connectivity index (χ0v) is 12.8. The van der Waals surface area contributed by atoms with Crippen molar-refractivity contribution in [2.45, 2.75) is 0 Å². The molecule has 0 aromatic heterocycles. The van der Waals surface area contributed by atoms with Crippen LogP contribution in [0.4, 0.5) is 5.69 Å². The molecule has 0 saturated heterocycles. The summed E-state index contributed by atoms with van der Waals surface area (Å²) < 4.78 is 0. The average molecular weight is 326 g/mol. The molecule has 1 amide bonds. The fraction of sp³-hybridized carbons (Fsp3) is 0. The summed E-state index contributed by atoms with van der Waals surface area (Å²) in [6.07, 6.45) is 3.01. The monoisotopic (exact) mass is 326 g/mol. The van der Waals surface area contributed by atoms with E-state index < -0.39 is 11.9 Å². The maximum absolute atomic E-state index is 11.8. The van der Waals surface area contributed by atoms with Crippen molar-refractivity contribution in [2.75, 3.05) is 5.32 Å². The van der Waals surface area contributed by atoms with Crippen molar-refractivity contribution in [3.63, 3.8) is 0 Å². The lowest BCUT2D eigenvalue weighted by molar-refractivity contribution is -0.115. The second-order valence-corrected chi connectivity index (χ2v) is 4.95. The van der Waals surface area contributed by atoms with Crippen LogP contribution in [0.5, 0.6) is 0 Å². The van der Waals surface area contributed by atoms with Crippen molar-refractivity contribution in [1.82, 2.24) is 5.32 Å². The van der Waals surface area contributed by atoms with Crippen molar-refractivity contribution in [1.29, 1.82) is 0 Å². The first-order valence-corrected chi connectivity index (χ1v) is 7.14. The Kier molecular flexibility index (Phi) is 5.60. The van der Waals surface area contributed by atoms with Crippen LogP contribution in [0.2, 0.25) is 0 Å². The average Bonchev–Trinajstić information content (AvgIpc) is 2.54. The van der Waals surface area contributed by atoms with Crippen molar-refractivity contribution in [3.8, 4) is 0 Å². The number of carboxylic acids is 1. The van der Waals surface area contributed by atoms with Crippen LogP contribution in [-0.2, 0) is 4.79 Å². The number of anilines is 1. The normalized spacial score (nSPS) is 10.3. The van der Waals surface area contributed by atoms with E-state index in [1.807, 2.05) is 30.3 Å². The van der Waals surface area contributed by atoms with Gasteiger partial charge < -0.3 is 10.4 Å². The minimum absolute atomic E-state index is 0.0291. The fourth-order valence-electron chi connectivity index (χ4n) is 1.82. The molecule has 2 aromatic rings. The number of hydrogen-bond donors (Lipinski definition) is 3. The predicted octanol–water partition coefficient (Wildman–Crippen LogP) is 2.91. The van der Waals surface area contributed by atoms with Crippen LogP contribution in [-0.4, -0.2) is 22.1 Å². The number of para-hydroxylation sites is 1. The van der Waals surface area contributed by atoms with Gasteiger partial charge in [-0.15, -0.1) is 0 Å². The van der Waals surface area contributed by atoms with Gasteiger partial charge >= 0.3 is 5.97 Å². The number of amides is 1. The summed E-state index contributed by atoms with van der Waals surface area (Å²) in [6.45, 7) is 0. The summed E-state index contributed by atoms with van der Waals surface area (Å²) in [6, 6.07) is 15.7. The number of carbonyl (C=O) groups excluding carboxylic acids is 1. The molecule has 0 radical (unpaired) electrons. The van der Waals surface area contributed by atoms with E-state index in [9.17, 15) is 9.59 Å². The molecule has 23 heavy (non-hydrogen) atoms. The second kappa shape index (κ2) is 7.86. The Bertz CT molecular complexity index is 757. The Hall–Kier alpha value is -2.99.